The standard InChI is InChI=1S/C14H11Cl2FN4/c1-7-8(2)21-12(19-20-14(21)13(16)18-7)6-9-10(15)4-3-5-11(9)17/h3-5H,6H2,1-2H3. The average molecular weight is 325 g/mol. The normalized spacial score (nSPS) is 11.3. The predicted molar refractivity (Wildman–Crippen MR) is 79.5 cm³/mol. The molecule has 3 aromatic rings. The predicted octanol–water partition coefficient (Wildman–Crippen LogP) is 3.78. The van der Waals surface area contributed by atoms with Crippen molar-refractivity contribution in [1.29, 1.82) is 0 Å². The van der Waals surface area contributed by atoms with E-state index in [4.69, 9.17) is 23.2 Å². The summed E-state index contributed by atoms with van der Waals surface area (Å²) in [5.41, 5.74) is 2.48. The van der Waals surface area contributed by atoms with Gasteiger partial charge in [0, 0.05) is 22.7 Å². The van der Waals surface area contributed by atoms with Gasteiger partial charge in [0.25, 0.3) is 0 Å². The first-order valence-corrected chi connectivity index (χ1v) is 7.04. The monoisotopic (exact) mass is 324 g/mol. The number of benzene rings is 1. The molecule has 0 saturated heterocycles. The van der Waals surface area contributed by atoms with Crippen molar-refractivity contribution in [2.45, 2.75) is 20.3 Å². The van der Waals surface area contributed by atoms with E-state index in [9.17, 15) is 4.39 Å². The highest BCUT2D eigenvalue weighted by molar-refractivity contribution is 6.32. The van der Waals surface area contributed by atoms with Crippen LogP contribution in [0.1, 0.15) is 22.8 Å². The third-order valence-corrected chi connectivity index (χ3v) is 4.04. The molecule has 0 fully saturated rings. The van der Waals surface area contributed by atoms with Crippen LogP contribution in [0, 0.1) is 19.7 Å². The zero-order chi connectivity index (χ0) is 15.1. The minimum atomic E-state index is -0.367. The van der Waals surface area contributed by atoms with Gasteiger partial charge in [0.2, 0.25) is 0 Å². The highest BCUT2D eigenvalue weighted by Gasteiger charge is 2.17. The van der Waals surface area contributed by atoms with E-state index in [1.807, 2.05) is 13.8 Å². The van der Waals surface area contributed by atoms with Crippen LogP contribution in [0.25, 0.3) is 5.65 Å². The number of aromatic nitrogens is 4. The summed E-state index contributed by atoms with van der Waals surface area (Å²) in [6, 6.07) is 4.59. The van der Waals surface area contributed by atoms with Crippen molar-refractivity contribution >= 4 is 28.8 Å². The number of aryl methyl sites for hydroxylation is 2. The van der Waals surface area contributed by atoms with E-state index in [-0.39, 0.29) is 17.4 Å². The molecule has 108 valence electrons. The molecule has 21 heavy (non-hydrogen) atoms. The molecule has 2 heterocycles. The van der Waals surface area contributed by atoms with Crippen LogP contribution >= 0.6 is 23.2 Å². The van der Waals surface area contributed by atoms with E-state index < -0.39 is 0 Å². The molecule has 0 amide bonds. The zero-order valence-electron chi connectivity index (χ0n) is 11.4. The van der Waals surface area contributed by atoms with Crippen molar-refractivity contribution in [1.82, 2.24) is 19.6 Å². The first-order valence-electron chi connectivity index (χ1n) is 6.28. The lowest BCUT2D eigenvalue weighted by Crippen LogP contribution is -2.05. The fraction of sp³-hybridized carbons (Fsp3) is 0.214. The third-order valence-electron chi connectivity index (χ3n) is 3.44. The Kier molecular flexibility index (Phi) is 3.55. The molecule has 7 heteroatoms. The van der Waals surface area contributed by atoms with E-state index in [2.05, 4.69) is 15.2 Å². The molecule has 0 N–H and O–H groups in total. The number of nitrogens with zero attached hydrogens (tertiary/aromatic N) is 4. The lowest BCUT2D eigenvalue weighted by Gasteiger charge is -2.08. The van der Waals surface area contributed by atoms with Crippen molar-refractivity contribution in [2.75, 3.05) is 0 Å². The summed E-state index contributed by atoms with van der Waals surface area (Å²) in [5, 5.41) is 8.76. The van der Waals surface area contributed by atoms with Crippen molar-refractivity contribution in [3.8, 4) is 0 Å². The van der Waals surface area contributed by atoms with Crippen LogP contribution in [0.15, 0.2) is 18.2 Å². The maximum Gasteiger partial charge on any atom is 0.198 e. The summed E-state index contributed by atoms with van der Waals surface area (Å²) in [7, 11) is 0. The van der Waals surface area contributed by atoms with Crippen LogP contribution in [0.5, 0.6) is 0 Å². The largest absolute Gasteiger partial charge is 0.279 e. The van der Waals surface area contributed by atoms with Crippen LogP contribution in [0.3, 0.4) is 0 Å². The molecular formula is C14H11Cl2FN4. The summed E-state index contributed by atoms with van der Waals surface area (Å²) in [6.07, 6.45) is 0.229. The Morgan fingerprint density at radius 3 is 2.67 bits per heavy atom. The molecule has 0 unspecified atom stereocenters. The lowest BCUT2D eigenvalue weighted by atomic mass is 10.1. The fourth-order valence-electron chi connectivity index (χ4n) is 2.22. The Morgan fingerprint density at radius 2 is 1.95 bits per heavy atom. The first-order chi connectivity index (χ1) is 9.99. The SMILES string of the molecule is Cc1nc(Cl)c2nnc(Cc3c(F)cccc3Cl)n2c1C. The van der Waals surface area contributed by atoms with Gasteiger partial charge in [-0.2, -0.15) is 0 Å². The minimum Gasteiger partial charge on any atom is -0.279 e. The summed E-state index contributed by atoms with van der Waals surface area (Å²) < 4.78 is 15.7. The van der Waals surface area contributed by atoms with Gasteiger partial charge in [0.05, 0.1) is 5.69 Å². The maximum absolute atomic E-state index is 13.9. The van der Waals surface area contributed by atoms with Gasteiger partial charge in [-0.15, -0.1) is 10.2 Å². The van der Waals surface area contributed by atoms with Gasteiger partial charge in [-0.05, 0) is 26.0 Å². The first kappa shape index (κ1) is 14.2. The summed E-state index contributed by atoms with van der Waals surface area (Å²) in [6.45, 7) is 3.74. The van der Waals surface area contributed by atoms with Crippen LogP contribution in [0.2, 0.25) is 10.2 Å². The molecule has 0 aliphatic carbocycles. The molecule has 0 aliphatic rings. The molecule has 0 bridgehead atoms. The van der Waals surface area contributed by atoms with Gasteiger partial charge in [-0.25, -0.2) is 9.37 Å². The Hall–Kier alpha value is -1.72. The van der Waals surface area contributed by atoms with Gasteiger partial charge in [0.1, 0.15) is 11.6 Å². The van der Waals surface area contributed by atoms with E-state index in [0.717, 1.165) is 11.4 Å². The van der Waals surface area contributed by atoms with Gasteiger partial charge in [-0.1, -0.05) is 29.3 Å². The third kappa shape index (κ3) is 2.36. The zero-order valence-corrected chi connectivity index (χ0v) is 12.9. The highest BCUT2D eigenvalue weighted by Crippen LogP contribution is 2.24. The molecule has 0 radical (unpaired) electrons. The van der Waals surface area contributed by atoms with E-state index in [1.54, 1.807) is 16.5 Å². The summed E-state index contributed by atoms with van der Waals surface area (Å²) in [5.74, 6) is 0.204. The molecule has 0 saturated carbocycles. The minimum absolute atomic E-state index is 0.229. The molecule has 1 aromatic carbocycles. The van der Waals surface area contributed by atoms with Crippen LogP contribution in [-0.4, -0.2) is 19.6 Å². The molecule has 4 nitrogen and oxygen atoms in total. The van der Waals surface area contributed by atoms with Gasteiger partial charge < -0.3 is 0 Å². The summed E-state index contributed by atoms with van der Waals surface area (Å²) >= 11 is 12.1. The van der Waals surface area contributed by atoms with Crippen molar-refractivity contribution in [3.63, 3.8) is 0 Å². The average Bonchev–Trinajstić information content (AvgIpc) is 2.85. The van der Waals surface area contributed by atoms with Gasteiger partial charge in [-0.3, -0.25) is 4.40 Å². The molecule has 3 rings (SSSR count). The van der Waals surface area contributed by atoms with Crippen LogP contribution in [0.4, 0.5) is 4.39 Å². The fourth-order valence-corrected chi connectivity index (χ4v) is 2.70. The summed E-state index contributed by atoms with van der Waals surface area (Å²) in [4.78, 5) is 4.20. The van der Waals surface area contributed by atoms with Crippen LogP contribution in [-0.2, 0) is 6.42 Å². The number of hydrogen-bond acceptors (Lipinski definition) is 3. The quantitative estimate of drug-likeness (QED) is 0.720. The van der Waals surface area contributed by atoms with Crippen molar-refractivity contribution in [2.24, 2.45) is 0 Å². The van der Waals surface area contributed by atoms with Crippen molar-refractivity contribution in [3.05, 3.63) is 57.0 Å². The topological polar surface area (TPSA) is 43.1 Å². The molecule has 0 atom stereocenters. The lowest BCUT2D eigenvalue weighted by molar-refractivity contribution is 0.611. The number of rotatable bonds is 2. The van der Waals surface area contributed by atoms with E-state index in [0.29, 0.717) is 22.1 Å². The van der Waals surface area contributed by atoms with Crippen LogP contribution < -0.4 is 0 Å². The van der Waals surface area contributed by atoms with Gasteiger partial charge in [0.15, 0.2) is 10.8 Å². The van der Waals surface area contributed by atoms with Gasteiger partial charge >= 0.3 is 0 Å². The Balaban J connectivity index is 2.18. The number of fused-ring (bicyclic) bond motifs is 1. The second-order valence-corrected chi connectivity index (χ2v) is 5.49. The molecule has 0 aliphatic heterocycles. The second kappa shape index (κ2) is 5.24. The second-order valence-electron chi connectivity index (χ2n) is 4.73. The highest BCUT2D eigenvalue weighted by atomic mass is 35.5. The Bertz CT molecular complexity index is 824. The Labute approximate surface area is 130 Å². The number of hydrogen-bond donors (Lipinski definition) is 0. The van der Waals surface area contributed by atoms with Crippen molar-refractivity contribution < 1.29 is 4.39 Å². The maximum atomic E-state index is 13.9. The Morgan fingerprint density at radius 1 is 1.19 bits per heavy atom. The van der Waals surface area contributed by atoms with E-state index >= 15 is 0 Å². The molecular weight excluding hydrogens is 314 g/mol. The number of halogens is 3. The smallest absolute Gasteiger partial charge is 0.198 e. The molecule has 0 spiro atoms. The van der Waals surface area contributed by atoms with E-state index in [1.165, 1.54) is 6.07 Å². The molecule has 2 aromatic heterocycles.